The lowest BCUT2D eigenvalue weighted by Crippen LogP contribution is -2.11. The smallest absolute Gasteiger partial charge is 0.137 e. The lowest BCUT2D eigenvalue weighted by atomic mass is 10.2. The number of halogens is 1. The molecular formula is C9H9BrN2O. The van der Waals surface area contributed by atoms with Crippen molar-refractivity contribution in [3.8, 4) is 11.8 Å². The summed E-state index contributed by atoms with van der Waals surface area (Å²) in [4.78, 5) is 3.89. The van der Waals surface area contributed by atoms with E-state index in [9.17, 15) is 0 Å². The molecule has 1 rings (SSSR count). The van der Waals surface area contributed by atoms with Gasteiger partial charge in [-0.2, -0.15) is 5.26 Å². The third-order valence-electron chi connectivity index (χ3n) is 1.45. The number of hydrogen-bond acceptors (Lipinski definition) is 3. The fourth-order valence-corrected chi connectivity index (χ4v) is 1.08. The van der Waals surface area contributed by atoms with Gasteiger partial charge in [0.15, 0.2) is 0 Å². The van der Waals surface area contributed by atoms with E-state index < -0.39 is 0 Å². The van der Waals surface area contributed by atoms with Gasteiger partial charge in [-0.3, -0.25) is 4.98 Å². The zero-order valence-electron chi connectivity index (χ0n) is 6.98. The van der Waals surface area contributed by atoms with Crippen molar-refractivity contribution in [3.63, 3.8) is 0 Å². The minimum atomic E-state index is -0.111. The fraction of sp³-hybridized carbons (Fsp3) is 0.333. The molecule has 3 nitrogen and oxygen atoms in total. The lowest BCUT2D eigenvalue weighted by Gasteiger charge is -2.07. The lowest BCUT2D eigenvalue weighted by molar-refractivity contribution is 0.289. The Bertz CT molecular complexity index is 283. The van der Waals surface area contributed by atoms with Crippen LogP contribution in [0.1, 0.15) is 0 Å². The highest BCUT2D eigenvalue weighted by Crippen LogP contribution is 2.09. The molecule has 0 N–H and O–H groups in total. The quantitative estimate of drug-likeness (QED) is 0.757. The van der Waals surface area contributed by atoms with E-state index in [0.29, 0.717) is 17.7 Å². The molecule has 0 radical (unpaired) electrons. The molecular weight excluding hydrogens is 232 g/mol. The molecule has 0 saturated carbocycles. The highest BCUT2D eigenvalue weighted by Gasteiger charge is 2.05. The van der Waals surface area contributed by atoms with Crippen molar-refractivity contribution in [2.45, 2.75) is 0 Å². The summed E-state index contributed by atoms with van der Waals surface area (Å²) in [6.45, 7) is 0.396. The average Bonchev–Trinajstić information content (AvgIpc) is 2.21. The second kappa shape index (κ2) is 5.55. The Hall–Kier alpha value is -1.08. The number of ether oxygens (including phenoxy) is 1. The summed E-state index contributed by atoms with van der Waals surface area (Å²) in [5.41, 5.74) is 0. The van der Waals surface area contributed by atoms with E-state index in [0.717, 1.165) is 0 Å². The molecule has 0 aliphatic carbocycles. The minimum Gasteiger partial charge on any atom is -0.491 e. The van der Waals surface area contributed by atoms with Gasteiger partial charge in [0.2, 0.25) is 0 Å². The van der Waals surface area contributed by atoms with Crippen LogP contribution in [-0.2, 0) is 0 Å². The Balaban J connectivity index is 2.40. The van der Waals surface area contributed by atoms with Gasteiger partial charge in [-0.25, -0.2) is 0 Å². The van der Waals surface area contributed by atoms with Crippen LogP contribution >= 0.6 is 15.9 Å². The van der Waals surface area contributed by atoms with Gasteiger partial charge in [0, 0.05) is 11.5 Å². The zero-order valence-corrected chi connectivity index (χ0v) is 8.57. The van der Waals surface area contributed by atoms with Crippen LogP contribution in [0.5, 0.6) is 5.75 Å². The van der Waals surface area contributed by atoms with Crippen LogP contribution in [0.2, 0.25) is 0 Å². The summed E-state index contributed by atoms with van der Waals surface area (Å²) in [5, 5.41) is 9.26. The Morgan fingerprint density at radius 2 is 2.54 bits per heavy atom. The normalized spacial score (nSPS) is 11.7. The van der Waals surface area contributed by atoms with Crippen molar-refractivity contribution in [1.29, 1.82) is 5.26 Å². The molecule has 13 heavy (non-hydrogen) atoms. The Kier molecular flexibility index (Phi) is 4.27. The maximum absolute atomic E-state index is 8.63. The molecule has 0 saturated heterocycles. The zero-order chi connectivity index (χ0) is 9.52. The number of aromatic nitrogens is 1. The number of hydrogen-bond donors (Lipinski definition) is 0. The highest BCUT2D eigenvalue weighted by atomic mass is 79.9. The maximum Gasteiger partial charge on any atom is 0.137 e. The fourth-order valence-electron chi connectivity index (χ4n) is 0.746. The average molecular weight is 241 g/mol. The van der Waals surface area contributed by atoms with Crippen LogP contribution < -0.4 is 4.74 Å². The van der Waals surface area contributed by atoms with Gasteiger partial charge in [-0.1, -0.05) is 15.9 Å². The van der Waals surface area contributed by atoms with E-state index in [4.69, 9.17) is 10.00 Å². The summed E-state index contributed by atoms with van der Waals surface area (Å²) in [6, 6.07) is 5.74. The topological polar surface area (TPSA) is 45.9 Å². The molecule has 1 atom stereocenters. The molecule has 0 fully saturated rings. The van der Waals surface area contributed by atoms with Crippen LogP contribution in [0.3, 0.4) is 0 Å². The minimum absolute atomic E-state index is 0.111. The van der Waals surface area contributed by atoms with Crippen molar-refractivity contribution >= 4 is 15.9 Å². The molecule has 4 heteroatoms. The van der Waals surface area contributed by atoms with E-state index in [2.05, 4.69) is 27.0 Å². The van der Waals surface area contributed by atoms with Crippen molar-refractivity contribution in [1.82, 2.24) is 4.98 Å². The van der Waals surface area contributed by atoms with Crippen LogP contribution in [0.25, 0.3) is 0 Å². The molecule has 0 aromatic carbocycles. The van der Waals surface area contributed by atoms with E-state index >= 15 is 0 Å². The number of nitriles is 1. The van der Waals surface area contributed by atoms with Crippen molar-refractivity contribution in [2.75, 3.05) is 11.9 Å². The first kappa shape index (κ1) is 10.0. The van der Waals surface area contributed by atoms with Crippen LogP contribution in [0.15, 0.2) is 24.5 Å². The summed E-state index contributed by atoms with van der Waals surface area (Å²) >= 11 is 3.23. The van der Waals surface area contributed by atoms with E-state index in [-0.39, 0.29) is 5.92 Å². The molecule has 1 aromatic rings. The molecule has 0 aliphatic heterocycles. The van der Waals surface area contributed by atoms with Crippen LogP contribution in [0.4, 0.5) is 0 Å². The number of nitrogens with zero attached hydrogens (tertiary/aromatic N) is 2. The number of pyridine rings is 1. The van der Waals surface area contributed by atoms with Gasteiger partial charge < -0.3 is 4.74 Å². The van der Waals surface area contributed by atoms with Gasteiger partial charge in [-0.15, -0.1) is 0 Å². The van der Waals surface area contributed by atoms with Crippen molar-refractivity contribution in [3.05, 3.63) is 24.5 Å². The summed E-state index contributed by atoms with van der Waals surface area (Å²) in [6.07, 6.45) is 3.31. The van der Waals surface area contributed by atoms with Gasteiger partial charge >= 0.3 is 0 Å². The summed E-state index contributed by atoms with van der Waals surface area (Å²) in [7, 11) is 0. The van der Waals surface area contributed by atoms with E-state index in [1.54, 1.807) is 18.5 Å². The van der Waals surface area contributed by atoms with Gasteiger partial charge in [0.05, 0.1) is 18.2 Å². The van der Waals surface area contributed by atoms with E-state index in [1.807, 2.05) is 6.07 Å². The molecule has 1 heterocycles. The van der Waals surface area contributed by atoms with Crippen molar-refractivity contribution < 1.29 is 4.74 Å². The molecule has 68 valence electrons. The monoisotopic (exact) mass is 240 g/mol. The molecule has 0 bridgehead atoms. The first-order valence-electron chi connectivity index (χ1n) is 3.85. The SMILES string of the molecule is N#CC(CBr)COc1cccnc1. The Morgan fingerprint density at radius 3 is 3.08 bits per heavy atom. The van der Waals surface area contributed by atoms with Crippen LogP contribution in [0, 0.1) is 17.2 Å². The number of alkyl halides is 1. The molecule has 1 aromatic heterocycles. The standard InChI is InChI=1S/C9H9BrN2O/c10-4-8(5-11)7-13-9-2-1-3-12-6-9/h1-3,6,8H,4,7H2. The highest BCUT2D eigenvalue weighted by molar-refractivity contribution is 9.09. The van der Waals surface area contributed by atoms with Gasteiger partial charge in [-0.05, 0) is 12.1 Å². The predicted molar refractivity (Wildman–Crippen MR) is 52.6 cm³/mol. The summed E-state index contributed by atoms with van der Waals surface area (Å²) in [5.74, 6) is 0.587. The van der Waals surface area contributed by atoms with Gasteiger partial charge in [0.25, 0.3) is 0 Å². The first-order chi connectivity index (χ1) is 6.36. The first-order valence-corrected chi connectivity index (χ1v) is 4.97. The maximum atomic E-state index is 8.63. The van der Waals surface area contributed by atoms with Gasteiger partial charge in [0.1, 0.15) is 12.4 Å². The number of rotatable bonds is 4. The third kappa shape index (κ3) is 3.43. The molecule has 0 spiro atoms. The molecule has 1 unspecified atom stereocenters. The molecule has 0 amide bonds. The molecule has 0 aliphatic rings. The Morgan fingerprint density at radius 1 is 1.69 bits per heavy atom. The second-order valence-corrected chi connectivity index (χ2v) is 3.13. The largest absolute Gasteiger partial charge is 0.491 e. The Labute approximate surface area is 85.5 Å². The van der Waals surface area contributed by atoms with Crippen molar-refractivity contribution in [2.24, 2.45) is 5.92 Å². The third-order valence-corrected chi connectivity index (χ3v) is 2.24. The predicted octanol–water partition coefficient (Wildman–Crippen LogP) is 2.00. The van der Waals surface area contributed by atoms with Crippen LogP contribution in [-0.4, -0.2) is 16.9 Å². The summed E-state index contributed by atoms with van der Waals surface area (Å²) < 4.78 is 5.33. The second-order valence-electron chi connectivity index (χ2n) is 2.48. The van der Waals surface area contributed by atoms with E-state index in [1.165, 1.54) is 0 Å².